The van der Waals surface area contributed by atoms with Gasteiger partial charge in [-0.25, -0.2) is 0 Å². The Kier molecular flexibility index (Phi) is 8.22. The molecule has 2 aromatic rings. The third kappa shape index (κ3) is 5.85. The first-order valence-corrected chi connectivity index (χ1v) is 11.3. The Labute approximate surface area is 194 Å². The number of anilines is 1. The van der Waals surface area contributed by atoms with Crippen LogP contribution in [0.4, 0.5) is 5.82 Å². The van der Waals surface area contributed by atoms with Crippen molar-refractivity contribution in [2.75, 3.05) is 44.2 Å². The molecule has 0 bridgehead atoms. The number of benzene rings is 1. The molecule has 1 fully saturated rings. The molecule has 1 saturated heterocycles. The van der Waals surface area contributed by atoms with Crippen molar-refractivity contribution in [1.82, 2.24) is 20.0 Å². The van der Waals surface area contributed by atoms with E-state index in [9.17, 15) is 9.59 Å². The average Bonchev–Trinajstić information content (AvgIpc) is 3.05. The molecule has 0 atom stereocenters. The first kappa shape index (κ1) is 23.7. The maximum Gasteiger partial charge on any atom is 0.242 e. The standard InChI is InChI=1S/C24H30ClN5O2/c1-4-12-30(24(32)18(2)3)17-23(31)29-14-7-13-28(15-16-29)22-11-10-21(26-27-22)19-8-5-6-9-20(19)25/h4-6,8-11,18H,1,7,12-17H2,2-3H3. The predicted molar refractivity (Wildman–Crippen MR) is 128 cm³/mol. The SMILES string of the molecule is C=CCN(CC(=O)N1CCCN(c2ccc(-c3ccccc3Cl)nn2)CC1)C(=O)C(C)C. The van der Waals surface area contributed by atoms with Crippen LogP contribution in [-0.4, -0.2) is 71.1 Å². The summed E-state index contributed by atoms with van der Waals surface area (Å²) in [5.74, 6) is 0.541. The van der Waals surface area contributed by atoms with Gasteiger partial charge in [0.15, 0.2) is 5.82 Å². The number of hydrogen-bond acceptors (Lipinski definition) is 5. The lowest BCUT2D eigenvalue weighted by Gasteiger charge is -2.27. The van der Waals surface area contributed by atoms with Gasteiger partial charge in [0.1, 0.15) is 6.54 Å². The van der Waals surface area contributed by atoms with Crippen LogP contribution in [0.2, 0.25) is 5.02 Å². The van der Waals surface area contributed by atoms with Gasteiger partial charge in [-0.05, 0) is 24.6 Å². The quantitative estimate of drug-likeness (QED) is 0.597. The highest BCUT2D eigenvalue weighted by atomic mass is 35.5. The molecule has 1 aromatic carbocycles. The molecule has 1 aliphatic rings. The summed E-state index contributed by atoms with van der Waals surface area (Å²) in [6, 6.07) is 11.4. The summed E-state index contributed by atoms with van der Waals surface area (Å²) in [5.41, 5.74) is 1.57. The van der Waals surface area contributed by atoms with E-state index in [0.717, 1.165) is 30.0 Å². The van der Waals surface area contributed by atoms with Crippen molar-refractivity contribution in [2.45, 2.75) is 20.3 Å². The zero-order valence-corrected chi connectivity index (χ0v) is 19.5. The second kappa shape index (κ2) is 11.1. The van der Waals surface area contributed by atoms with E-state index in [1.165, 1.54) is 0 Å². The number of rotatable bonds is 7. The topological polar surface area (TPSA) is 69.6 Å². The summed E-state index contributed by atoms with van der Waals surface area (Å²) in [6.07, 6.45) is 2.47. The third-order valence-corrected chi connectivity index (χ3v) is 5.78. The van der Waals surface area contributed by atoms with E-state index in [-0.39, 0.29) is 24.3 Å². The molecule has 2 heterocycles. The van der Waals surface area contributed by atoms with Crippen molar-refractivity contribution in [3.05, 3.63) is 54.1 Å². The summed E-state index contributed by atoms with van der Waals surface area (Å²) < 4.78 is 0. The van der Waals surface area contributed by atoms with Crippen LogP contribution in [0.15, 0.2) is 49.1 Å². The maximum atomic E-state index is 12.9. The fourth-order valence-electron chi connectivity index (χ4n) is 3.72. The Morgan fingerprint density at radius 1 is 1.12 bits per heavy atom. The van der Waals surface area contributed by atoms with Gasteiger partial charge in [-0.1, -0.05) is 49.7 Å². The Morgan fingerprint density at radius 3 is 2.56 bits per heavy atom. The van der Waals surface area contributed by atoms with Gasteiger partial charge >= 0.3 is 0 Å². The molecule has 0 radical (unpaired) electrons. The van der Waals surface area contributed by atoms with Crippen LogP contribution in [0.3, 0.4) is 0 Å². The molecular weight excluding hydrogens is 426 g/mol. The van der Waals surface area contributed by atoms with Gasteiger partial charge in [0, 0.05) is 44.2 Å². The first-order chi connectivity index (χ1) is 15.4. The summed E-state index contributed by atoms with van der Waals surface area (Å²) in [7, 11) is 0. The van der Waals surface area contributed by atoms with Crippen LogP contribution in [-0.2, 0) is 9.59 Å². The number of carbonyl (C=O) groups is 2. The van der Waals surface area contributed by atoms with Crippen molar-refractivity contribution < 1.29 is 9.59 Å². The summed E-state index contributed by atoms with van der Waals surface area (Å²) >= 11 is 6.26. The molecule has 7 nitrogen and oxygen atoms in total. The van der Waals surface area contributed by atoms with E-state index in [2.05, 4.69) is 21.7 Å². The molecule has 1 aromatic heterocycles. The molecule has 0 N–H and O–H groups in total. The van der Waals surface area contributed by atoms with E-state index >= 15 is 0 Å². The molecule has 1 aliphatic heterocycles. The van der Waals surface area contributed by atoms with E-state index < -0.39 is 0 Å². The minimum absolute atomic E-state index is 0.0383. The maximum absolute atomic E-state index is 12.9. The van der Waals surface area contributed by atoms with Gasteiger partial charge in [-0.15, -0.1) is 16.8 Å². The predicted octanol–water partition coefficient (Wildman–Crippen LogP) is 3.51. The number of nitrogens with zero attached hydrogens (tertiary/aromatic N) is 5. The number of aromatic nitrogens is 2. The van der Waals surface area contributed by atoms with Gasteiger partial charge in [-0.3, -0.25) is 9.59 Å². The minimum Gasteiger partial charge on any atom is -0.353 e. The molecule has 0 saturated carbocycles. The van der Waals surface area contributed by atoms with Crippen molar-refractivity contribution in [3.63, 3.8) is 0 Å². The molecule has 32 heavy (non-hydrogen) atoms. The van der Waals surface area contributed by atoms with E-state index in [1.54, 1.807) is 11.0 Å². The van der Waals surface area contributed by atoms with Crippen molar-refractivity contribution >= 4 is 29.2 Å². The summed E-state index contributed by atoms with van der Waals surface area (Å²) in [6.45, 7) is 10.5. The second-order valence-corrected chi connectivity index (χ2v) is 8.55. The molecule has 2 amide bonds. The number of hydrogen-bond donors (Lipinski definition) is 0. The highest BCUT2D eigenvalue weighted by Crippen LogP contribution is 2.26. The van der Waals surface area contributed by atoms with Gasteiger partial charge in [0.25, 0.3) is 0 Å². The normalized spacial score (nSPS) is 14.2. The zero-order chi connectivity index (χ0) is 23.1. The lowest BCUT2D eigenvalue weighted by Crippen LogP contribution is -2.45. The van der Waals surface area contributed by atoms with Crippen molar-refractivity contribution in [2.24, 2.45) is 5.92 Å². The molecule has 8 heteroatoms. The van der Waals surface area contributed by atoms with E-state index in [1.807, 2.05) is 55.1 Å². The molecule has 3 rings (SSSR count). The van der Waals surface area contributed by atoms with Crippen LogP contribution in [0.5, 0.6) is 0 Å². The molecule has 0 unspecified atom stereocenters. The largest absolute Gasteiger partial charge is 0.353 e. The average molecular weight is 456 g/mol. The second-order valence-electron chi connectivity index (χ2n) is 8.14. The Bertz CT molecular complexity index is 948. The van der Waals surface area contributed by atoms with Gasteiger partial charge in [-0.2, -0.15) is 0 Å². The molecule has 170 valence electrons. The summed E-state index contributed by atoms with van der Waals surface area (Å²) in [5, 5.41) is 9.39. The van der Waals surface area contributed by atoms with Crippen LogP contribution in [0, 0.1) is 5.92 Å². The van der Waals surface area contributed by atoms with Gasteiger partial charge in [0.2, 0.25) is 11.8 Å². The first-order valence-electron chi connectivity index (χ1n) is 10.9. The van der Waals surface area contributed by atoms with Crippen LogP contribution < -0.4 is 4.90 Å². The van der Waals surface area contributed by atoms with Crippen molar-refractivity contribution in [1.29, 1.82) is 0 Å². The lowest BCUT2D eigenvalue weighted by atomic mass is 10.1. The van der Waals surface area contributed by atoms with Crippen molar-refractivity contribution in [3.8, 4) is 11.3 Å². The van der Waals surface area contributed by atoms with Crippen LogP contribution in [0.25, 0.3) is 11.3 Å². The number of halogens is 1. The van der Waals surface area contributed by atoms with E-state index in [0.29, 0.717) is 31.2 Å². The zero-order valence-electron chi connectivity index (χ0n) is 18.7. The van der Waals surface area contributed by atoms with Crippen LogP contribution in [0.1, 0.15) is 20.3 Å². The Hall–Kier alpha value is -2.93. The fourth-order valence-corrected chi connectivity index (χ4v) is 3.95. The Morgan fingerprint density at radius 2 is 1.91 bits per heavy atom. The number of carbonyl (C=O) groups excluding carboxylic acids is 2. The monoisotopic (exact) mass is 455 g/mol. The smallest absolute Gasteiger partial charge is 0.242 e. The fraction of sp³-hybridized carbons (Fsp3) is 0.417. The third-order valence-electron chi connectivity index (χ3n) is 5.45. The van der Waals surface area contributed by atoms with Crippen LogP contribution >= 0.6 is 11.6 Å². The highest BCUT2D eigenvalue weighted by Gasteiger charge is 2.24. The van der Waals surface area contributed by atoms with E-state index in [4.69, 9.17) is 11.6 Å². The highest BCUT2D eigenvalue weighted by molar-refractivity contribution is 6.33. The summed E-state index contributed by atoms with van der Waals surface area (Å²) in [4.78, 5) is 30.8. The minimum atomic E-state index is -0.158. The Balaban J connectivity index is 1.62. The van der Waals surface area contributed by atoms with Gasteiger partial charge < -0.3 is 14.7 Å². The lowest BCUT2D eigenvalue weighted by molar-refractivity contribution is -0.141. The molecule has 0 aliphatic carbocycles. The molecular formula is C24H30ClN5O2. The van der Waals surface area contributed by atoms with Gasteiger partial charge in [0.05, 0.1) is 10.7 Å². The molecule has 0 spiro atoms. The number of amides is 2.